The number of carbonyl (C=O) groups is 2. The van der Waals surface area contributed by atoms with Crippen LogP contribution in [0, 0.1) is 0 Å². The summed E-state index contributed by atoms with van der Waals surface area (Å²) in [6.45, 7) is 1.24. The molecule has 2 amide bonds. The van der Waals surface area contributed by atoms with E-state index >= 15 is 0 Å². The number of amides is 2. The van der Waals surface area contributed by atoms with Gasteiger partial charge in [-0.2, -0.15) is 4.31 Å². The molecule has 3 aromatic rings. The van der Waals surface area contributed by atoms with Crippen LogP contribution in [0.25, 0.3) is 10.8 Å². The molecule has 1 fully saturated rings. The molecule has 1 saturated heterocycles. The second-order valence-electron chi connectivity index (χ2n) is 7.74. The highest BCUT2D eigenvalue weighted by atomic mass is 32.2. The number of hydrogen-bond acceptors (Lipinski definition) is 5. The largest absolute Gasteiger partial charge is 0.392 e. The fraction of sp³-hybridized carbons (Fsp3) is 0.217. The molecular weight excluding hydrogens is 430 g/mol. The van der Waals surface area contributed by atoms with Crippen molar-refractivity contribution in [2.45, 2.75) is 30.4 Å². The maximum atomic E-state index is 13.3. The zero-order chi connectivity index (χ0) is 22.9. The molecule has 0 bridgehead atoms. The van der Waals surface area contributed by atoms with Crippen molar-refractivity contribution >= 4 is 44.0 Å². The minimum absolute atomic E-state index is 0.00260. The Morgan fingerprint density at radius 1 is 0.938 bits per heavy atom. The second-order valence-corrected chi connectivity index (χ2v) is 9.63. The fourth-order valence-electron chi connectivity index (χ4n) is 3.82. The van der Waals surface area contributed by atoms with Crippen molar-refractivity contribution in [3.05, 3.63) is 66.7 Å². The van der Waals surface area contributed by atoms with E-state index in [9.17, 15) is 23.1 Å². The highest BCUT2D eigenvalue weighted by Gasteiger charge is 2.43. The number of aliphatic hydroxyl groups excluding tert-OH is 1. The Morgan fingerprint density at radius 3 is 2.22 bits per heavy atom. The number of benzene rings is 3. The normalized spacial score (nSPS) is 19.1. The topological polar surface area (TPSA) is 116 Å². The summed E-state index contributed by atoms with van der Waals surface area (Å²) in [7, 11) is -4.00. The van der Waals surface area contributed by atoms with Gasteiger partial charge in [0.2, 0.25) is 21.8 Å². The molecule has 0 spiro atoms. The molecule has 0 aromatic heterocycles. The van der Waals surface area contributed by atoms with E-state index < -0.39 is 28.1 Å². The number of nitrogens with one attached hydrogen (secondary N) is 2. The van der Waals surface area contributed by atoms with Crippen LogP contribution >= 0.6 is 0 Å². The average molecular weight is 454 g/mol. The van der Waals surface area contributed by atoms with E-state index in [-0.39, 0.29) is 23.8 Å². The standard InChI is InChI=1S/C23H23N3O5S/c1-15(27)24-18-7-9-19(10-8-18)25-23(29)22-13-20(28)14-26(22)32(30,31)21-11-6-16-4-2-3-5-17(16)12-21/h2-12,20,22,28H,13-14H2,1H3,(H,24,27)(H,25,29). The number of aliphatic hydroxyl groups is 1. The van der Waals surface area contributed by atoms with Crippen molar-refractivity contribution in [2.75, 3.05) is 17.2 Å². The first-order chi connectivity index (χ1) is 15.2. The van der Waals surface area contributed by atoms with Crippen molar-refractivity contribution in [2.24, 2.45) is 0 Å². The molecule has 166 valence electrons. The number of hydrogen-bond donors (Lipinski definition) is 3. The first kappa shape index (κ1) is 21.9. The van der Waals surface area contributed by atoms with Crippen LogP contribution in [-0.2, 0) is 19.6 Å². The summed E-state index contributed by atoms with van der Waals surface area (Å²) in [5.74, 6) is -0.741. The lowest BCUT2D eigenvalue weighted by molar-refractivity contribution is -0.119. The van der Waals surface area contributed by atoms with Crippen LogP contribution in [0.15, 0.2) is 71.6 Å². The van der Waals surface area contributed by atoms with E-state index in [1.807, 2.05) is 24.3 Å². The third kappa shape index (κ3) is 4.50. The summed E-state index contributed by atoms with van der Waals surface area (Å²) < 4.78 is 27.7. The van der Waals surface area contributed by atoms with Gasteiger partial charge in [-0.3, -0.25) is 9.59 Å². The van der Waals surface area contributed by atoms with Gasteiger partial charge in [-0.15, -0.1) is 0 Å². The molecule has 4 rings (SSSR count). The van der Waals surface area contributed by atoms with Gasteiger partial charge < -0.3 is 15.7 Å². The van der Waals surface area contributed by atoms with Gasteiger partial charge in [0.1, 0.15) is 6.04 Å². The summed E-state index contributed by atoms with van der Waals surface area (Å²) >= 11 is 0. The molecule has 2 unspecified atom stereocenters. The molecular formula is C23H23N3O5S. The molecule has 9 heteroatoms. The Hall–Kier alpha value is -3.27. The quantitative estimate of drug-likeness (QED) is 0.549. The molecule has 1 aliphatic rings. The van der Waals surface area contributed by atoms with Gasteiger partial charge in [0.05, 0.1) is 11.0 Å². The lowest BCUT2D eigenvalue weighted by atomic mass is 10.1. The van der Waals surface area contributed by atoms with Crippen LogP contribution in [-0.4, -0.2) is 48.3 Å². The third-order valence-corrected chi connectivity index (χ3v) is 7.21. The Kier molecular flexibility index (Phi) is 5.96. The van der Waals surface area contributed by atoms with Gasteiger partial charge >= 0.3 is 0 Å². The predicted octanol–water partition coefficient (Wildman–Crippen LogP) is 2.56. The average Bonchev–Trinajstić information content (AvgIpc) is 3.17. The number of anilines is 2. The number of fused-ring (bicyclic) bond motifs is 1. The van der Waals surface area contributed by atoms with Gasteiger partial charge in [0, 0.05) is 31.3 Å². The Labute approximate surface area is 185 Å². The van der Waals surface area contributed by atoms with Gasteiger partial charge in [-0.25, -0.2) is 8.42 Å². The fourth-order valence-corrected chi connectivity index (χ4v) is 5.49. The van der Waals surface area contributed by atoms with Crippen LogP contribution in [0.2, 0.25) is 0 Å². The number of β-amino-alcohol motifs (C(OH)–C–C–N with tert-alkyl or cyclic N) is 1. The summed E-state index contributed by atoms with van der Waals surface area (Å²) in [4.78, 5) is 24.1. The SMILES string of the molecule is CC(=O)Nc1ccc(NC(=O)C2CC(O)CN2S(=O)(=O)c2ccc3ccccc3c2)cc1. The minimum Gasteiger partial charge on any atom is -0.392 e. The second kappa shape index (κ2) is 8.70. The molecule has 1 aliphatic heterocycles. The van der Waals surface area contributed by atoms with Crippen LogP contribution in [0.1, 0.15) is 13.3 Å². The van der Waals surface area contributed by atoms with Crippen molar-refractivity contribution in [1.82, 2.24) is 4.31 Å². The van der Waals surface area contributed by atoms with Crippen molar-refractivity contribution in [3.8, 4) is 0 Å². The number of nitrogens with zero attached hydrogens (tertiary/aromatic N) is 1. The number of rotatable bonds is 5. The van der Waals surface area contributed by atoms with Crippen LogP contribution in [0.4, 0.5) is 11.4 Å². The van der Waals surface area contributed by atoms with Gasteiger partial charge in [0.15, 0.2) is 0 Å². The third-order valence-electron chi connectivity index (χ3n) is 5.34. The van der Waals surface area contributed by atoms with Crippen LogP contribution < -0.4 is 10.6 Å². The number of carbonyl (C=O) groups excluding carboxylic acids is 2. The zero-order valence-electron chi connectivity index (χ0n) is 17.4. The predicted molar refractivity (Wildman–Crippen MR) is 122 cm³/mol. The zero-order valence-corrected chi connectivity index (χ0v) is 18.2. The summed E-state index contributed by atoms with van der Waals surface area (Å²) in [5.41, 5.74) is 1.03. The van der Waals surface area contributed by atoms with Crippen LogP contribution in [0.5, 0.6) is 0 Å². The molecule has 0 aliphatic carbocycles. The molecule has 3 N–H and O–H groups in total. The summed E-state index contributed by atoms with van der Waals surface area (Å²) in [6.07, 6.45) is -0.939. The molecule has 32 heavy (non-hydrogen) atoms. The van der Waals surface area contributed by atoms with E-state index in [4.69, 9.17) is 0 Å². The van der Waals surface area contributed by atoms with Gasteiger partial charge in [0.25, 0.3) is 0 Å². The summed E-state index contributed by atoms with van der Waals surface area (Å²) in [5, 5.41) is 17.2. The maximum Gasteiger partial charge on any atom is 0.243 e. The lowest BCUT2D eigenvalue weighted by Gasteiger charge is -2.23. The van der Waals surface area contributed by atoms with E-state index in [1.54, 1.807) is 36.4 Å². The van der Waals surface area contributed by atoms with E-state index in [0.29, 0.717) is 11.4 Å². The van der Waals surface area contributed by atoms with Crippen molar-refractivity contribution < 1.29 is 23.1 Å². The van der Waals surface area contributed by atoms with E-state index in [0.717, 1.165) is 15.1 Å². The minimum atomic E-state index is -4.00. The van der Waals surface area contributed by atoms with Crippen LogP contribution in [0.3, 0.4) is 0 Å². The molecule has 0 radical (unpaired) electrons. The van der Waals surface area contributed by atoms with Crippen molar-refractivity contribution in [1.29, 1.82) is 0 Å². The molecule has 1 heterocycles. The molecule has 3 aromatic carbocycles. The monoisotopic (exact) mass is 453 g/mol. The van der Waals surface area contributed by atoms with E-state index in [2.05, 4.69) is 10.6 Å². The molecule has 0 saturated carbocycles. The van der Waals surface area contributed by atoms with Gasteiger partial charge in [-0.1, -0.05) is 30.3 Å². The Bertz CT molecular complexity index is 1270. The number of sulfonamides is 1. The first-order valence-electron chi connectivity index (χ1n) is 10.1. The lowest BCUT2D eigenvalue weighted by Crippen LogP contribution is -2.43. The highest BCUT2D eigenvalue weighted by molar-refractivity contribution is 7.89. The van der Waals surface area contributed by atoms with Gasteiger partial charge in [-0.05, 0) is 47.2 Å². The smallest absolute Gasteiger partial charge is 0.243 e. The Balaban J connectivity index is 1.56. The highest BCUT2D eigenvalue weighted by Crippen LogP contribution is 2.29. The molecule has 2 atom stereocenters. The first-order valence-corrected chi connectivity index (χ1v) is 11.6. The maximum absolute atomic E-state index is 13.3. The Morgan fingerprint density at radius 2 is 1.56 bits per heavy atom. The molecule has 8 nitrogen and oxygen atoms in total. The summed E-state index contributed by atoms with van der Waals surface area (Å²) in [6, 6.07) is 17.6. The van der Waals surface area contributed by atoms with E-state index in [1.165, 1.54) is 13.0 Å². The van der Waals surface area contributed by atoms with Crippen molar-refractivity contribution in [3.63, 3.8) is 0 Å².